The number of benzene rings is 1. The third kappa shape index (κ3) is 2.41. The average molecular weight is 314 g/mol. The molecule has 3 rings (SSSR count). The van der Waals surface area contributed by atoms with Crippen LogP contribution in [0.25, 0.3) is 0 Å². The standard InChI is InChI=1S/C17H18N2O2S/c1-10-9-13(16(18)20)12-5-3-4-6-14(12)19(10)17(21)15-8-7-11(2)22-15/h3-8,10,13H,9H2,1-2H3,(H2,18,20). The molecule has 114 valence electrons. The maximum atomic E-state index is 12.9. The molecule has 1 aliphatic heterocycles. The van der Waals surface area contributed by atoms with E-state index in [1.807, 2.05) is 50.2 Å². The average Bonchev–Trinajstić information content (AvgIpc) is 2.92. The van der Waals surface area contributed by atoms with Gasteiger partial charge in [0, 0.05) is 16.6 Å². The third-order valence-corrected chi connectivity index (χ3v) is 5.09. The number of fused-ring (bicyclic) bond motifs is 1. The first-order valence-electron chi connectivity index (χ1n) is 7.27. The molecular weight excluding hydrogens is 296 g/mol. The fourth-order valence-electron chi connectivity index (χ4n) is 3.06. The molecule has 1 aliphatic rings. The van der Waals surface area contributed by atoms with Gasteiger partial charge < -0.3 is 10.6 Å². The van der Waals surface area contributed by atoms with E-state index in [1.165, 1.54) is 11.3 Å². The summed E-state index contributed by atoms with van der Waals surface area (Å²) in [4.78, 5) is 28.2. The van der Waals surface area contributed by atoms with Crippen LogP contribution in [0.3, 0.4) is 0 Å². The summed E-state index contributed by atoms with van der Waals surface area (Å²) < 4.78 is 0. The van der Waals surface area contributed by atoms with Crippen molar-refractivity contribution in [3.8, 4) is 0 Å². The number of hydrogen-bond acceptors (Lipinski definition) is 3. The Morgan fingerprint density at radius 2 is 1.95 bits per heavy atom. The van der Waals surface area contributed by atoms with Crippen molar-refractivity contribution in [1.82, 2.24) is 0 Å². The van der Waals surface area contributed by atoms with Crippen LogP contribution >= 0.6 is 11.3 Å². The van der Waals surface area contributed by atoms with Crippen molar-refractivity contribution in [3.05, 3.63) is 51.7 Å². The Balaban J connectivity index is 2.06. The Kier molecular flexibility index (Phi) is 3.74. The van der Waals surface area contributed by atoms with Gasteiger partial charge in [-0.1, -0.05) is 18.2 Å². The highest BCUT2D eigenvalue weighted by Gasteiger charge is 2.36. The first kappa shape index (κ1) is 14.8. The number of para-hydroxylation sites is 1. The summed E-state index contributed by atoms with van der Waals surface area (Å²) in [6.07, 6.45) is 0.558. The quantitative estimate of drug-likeness (QED) is 0.926. The minimum Gasteiger partial charge on any atom is -0.369 e. The Bertz CT molecular complexity index is 738. The number of primary amides is 1. The molecule has 1 aromatic carbocycles. The van der Waals surface area contributed by atoms with Crippen LogP contribution in [-0.2, 0) is 4.79 Å². The van der Waals surface area contributed by atoms with Crippen molar-refractivity contribution < 1.29 is 9.59 Å². The number of nitrogens with two attached hydrogens (primary N) is 1. The summed E-state index contributed by atoms with van der Waals surface area (Å²) in [5.41, 5.74) is 7.17. The fraction of sp³-hybridized carbons (Fsp3) is 0.294. The molecule has 0 bridgehead atoms. The fourth-order valence-corrected chi connectivity index (χ4v) is 3.86. The minimum atomic E-state index is -0.335. The lowest BCUT2D eigenvalue weighted by Crippen LogP contribution is -2.45. The molecule has 2 atom stereocenters. The van der Waals surface area contributed by atoms with Gasteiger partial charge in [0.05, 0.1) is 10.8 Å². The van der Waals surface area contributed by atoms with Crippen LogP contribution in [0.4, 0.5) is 5.69 Å². The number of amides is 2. The molecule has 2 aromatic rings. The molecule has 22 heavy (non-hydrogen) atoms. The predicted molar refractivity (Wildman–Crippen MR) is 88.3 cm³/mol. The van der Waals surface area contributed by atoms with E-state index in [0.717, 1.165) is 21.0 Å². The Labute approximate surface area is 133 Å². The first-order valence-corrected chi connectivity index (χ1v) is 8.09. The summed E-state index contributed by atoms with van der Waals surface area (Å²) in [5.74, 6) is -0.681. The lowest BCUT2D eigenvalue weighted by atomic mass is 9.85. The van der Waals surface area contributed by atoms with Crippen LogP contribution < -0.4 is 10.6 Å². The number of aryl methyl sites for hydroxylation is 1. The van der Waals surface area contributed by atoms with E-state index in [-0.39, 0.29) is 23.8 Å². The van der Waals surface area contributed by atoms with Gasteiger partial charge in [0.2, 0.25) is 5.91 Å². The summed E-state index contributed by atoms with van der Waals surface area (Å²) in [6.45, 7) is 3.95. The Hall–Kier alpha value is -2.14. The lowest BCUT2D eigenvalue weighted by Gasteiger charge is -2.38. The number of rotatable bonds is 2. The van der Waals surface area contributed by atoms with Gasteiger partial charge in [0.25, 0.3) is 5.91 Å². The van der Waals surface area contributed by atoms with E-state index < -0.39 is 0 Å². The maximum absolute atomic E-state index is 12.9. The normalized spacial score (nSPS) is 20.5. The van der Waals surface area contributed by atoms with Crippen LogP contribution in [0.1, 0.15) is 39.4 Å². The molecular formula is C17H18N2O2S. The summed E-state index contributed by atoms with van der Waals surface area (Å²) in [5, 5.41) is 0. The van der Waals surface area contributed by atoms with Crippen LogP contribution in [0, 0.1) is 6.92 Å². The lowest BCUT2D eigenvalue weighted by molar-refractivity contribution is -0.119. The zero-order valence-corrected chi connectivity index (χ0v) is 13.4. The molecule has 0 saturated heterocycles. The van der Waals surface area contributed by atoms with E-state index in [0.29, 0.717) is 6.42 Å². The second kappa shape index (κ2) is 5.57. The Morgan fingerprint density at radius 3 is 2.59 bits per heavy atom. The van der Waals surface area contributed by atoms with Crippen molar-refractivity contribution in [2.24, 2.45) is 5.73 Å². The monoisotopic (exact) mass is 314 g/mol. The number of nitrogens with zero attached hydrogens (tertiary/aromatic N) is 1. The van der Waals surface area contributed by atoms with Gasteiger partial charge in [-0.2, -0.15) is 0 Å². The molecule has 0 spiro atoms. The highest BCUT2D eigenvalue weighted by atomic mass is 32.1. The van der Waals surface area contributed by atoms with Crippen LogP contribution in [-0.4, -0.2) is 17.9 Å². The van der Waals surface area contributed by atoms with Crippen molar-refractivity contribution in [2.75, 3.05) is 4.90 Å². The van der Waals surface area contributed by atoms with Gasteiger partial charge in [0.15, 0.2) is 0 Å². The van der Waals surface area contributed by atoms with Crippen LogP contribution in [0.2, 0.25) is 0 Å². The van der Waals surface area contributed by atoms with Crippen molar-refractivity contribution in [1.29, 1.82) is 0 Å². The molecule has 2 heterocycles. The second-order valence-electron chi connectivity index (χ2n) is 5.68. The van der Waals surface area contributed by atoms with E-state index in [4.69, 9.17) is 5.73 Å². The first-order chi connectivity index (χ1) is 10.5. The summed E-state index contributed by atoms with van der Waals surface area (Å²) in [6, 6.07) is 11.3. The summed E-state index contributed by atoms with van der Waals surface area (Å²) in [7, 11) is 0. The van der Waals surface area contributed by atoms with Crippen molar-refractivity contribution in [3.63, 3.8) is 0 Å². The number of hydrogen-bond donors (Lipinski definition) is 1. The molecule has 2 amide bonds. The van der Waals surface area contributed by atoms with Crippen LogP contribution in [0.15, 0.2) is 36.4 Å². The molecule has 1 aromatic heterocycles. The molecule has 0 radical (unpaired) electrons. The smallest absolute Gasteiger partial charge is 0.268 e. The SMILES string of the molecule is Cc1ccc(C(=O)N2c3ccccc3C(C(N)=O)CC2C)s1. The van der Waals surface area contributed by atoms with E-state index in [1.54, 1.807) is 4.90 Å². The van der Waals surface area contributed by atoms with Crippen molar-refractivity contribution >= 4 is 28.8 Å². The zero-order valence-electron chi connectivity index (χ0n) is 12.6. The van der Waals surface area contributed by atoms with E-state index >= 15 is 0 Å². The van der Waals surface area contributed by atoms with E-state index in [2.05, 4.69) is 0 Å². The van der Waals surface area contributed by atoms with Crippen LogP contribution in [0.5, 0.6) is 0 Å². The topological polar surface area (TPSA) is 63.4 Å². The predicted octanol–water partition coefficient (Wildman–Crippen LogP) is 3.06. The van der Waals surface area contributed by atoms with Gasteiger partial charge in [-0.05, 0) is 44.0 Å². The highest BCUT2D eigenvalue weighted by molar-refractivity contribution is 7.14. The largest absolute Gasteiger partial charge is 0.369 e. The third-order valence-electron chi connectivity index (χ3n) is 4.10. The van der Waals surface area contributed by atoms with Crippen molar-refractivity contribution in [2.45, 2.75) is 32.2 Å². The molecule has 2 N–H and O–H groups in total. The molecule has 0 aliphatic carbocycles. The number of carbonyl (C=O) groups is 2. The van der Waals surface area contributed by atoms with Gasteiger partial charge in [-0.3, -0.25) is 9.59 Å². The molecule has 0 saturated carbocycles. The molecule has 5 heteroatoms. The number of anilines is 1. The molecule has 4 nitrogen and oxygen atoms in total. The summed E-state index contributed by atoms with van der Waals surface area (Å²) >= 11 is 1.49. The minimum absolute atomic E-state index is 0.0130. The van der Waals surface area contributed by atoms with E-state index in [9.17, 15) is 9.59 Å². The molecule has 0 fully saturated rings. The highest BCUT2D eigenvalue weighted by Crippen LogP contribution is 2.39. The maximum Gasteiger partial charge on any atom is 0.268 e. The van der Waals surface area contributed by atoms with Gasteiger partial charge >= 0.3 is 0 Å². The number of carbonyl (C=O) groups excluding carboxylic acids is 2. The zero-order chi connectivity index (χ0) is 15.9. The van der Waals surface area contributed by atoms with Gasteiger partial charge in [-0.15, -0.1) is 11.3 Å². The number of thiophene rings is 1. The van der Waals surface area contributed by atoms with Gasteiger partial charge in [0.1, 0.15) is 0 Å². The second-order valence-corrected chi connectivity index (χ2v) is 6.97. The van der Waals surface area contributed by atoms with Gasteiger partial charge in [-0.25, -0.2) is 0 Å². The molecule has 2 unspecified atom stereocenters. The Morgan fingerprint density at radius 1 is 1.23 bits per heavy atom.